The molecule has 0 radical (unpaired) electrons. The van der Waals surface area contributed by atoms with E-state index in [-0.39, 0.29) is 24.8 Å². The molecule has 0 bridgehead atoms. The van der Waals surface area contributed by atoms with Crippen molar-refractivity contribution >= 4 is 31.6 Å². The van der Waals surface area contributed by atoms with Crippen LogP contribution in [0.5, 0.6) is 5.75 Å². The molecule has 0 spiro atoms. The Kier molecular flexibility index (Phi) is 8.92. The third kappa shape index (κ3) is 6.97. The minimum atomic E-state index is -1.65. The predicted octanol–water partition coefficient (Wildman–Crippen LogP) is 3.16. The molecule has 1 aromatic rings. The van der Waals surface area contributed by atoms with Crippen molar-refractivity contribution in [1.29, 1.82) is 0 Å². The van der Waals surface area contributed by atoms with Gasteiger partial charge in [-0.2, -0.15) is 0 Å². The van der Waals surface area contributed by atoms with E-state index in [1.165, 1.54) is 24.9 Å². The molecular formula is C14H19ClNO7P. The standard InChI is InChI=1S/C14H19ClNO7P/c1-10(23-24(2)20)12-8-11(4-5-13(12)16(18)19)21-6-3-7-22-14(17)9-15/h4-5,8,10,20H,3,6-7,9H2,1-2H3. The summed E-state index contributed by atoms with van der Waals surface area (Å²) in [6.07, 6.45) is -0.197. The summed E-state index contributed by atoms with van der Waals surface area (Å²) in [7, 11) is -1.65. The average molecular weight is 380 g/mol. The Morgan fingerprint density at radius 2 is 2.17 bits per heavy atom. The van der Waals surface area contributed by atoms with Gasteiger partial charge in [0, 0.05) is 19.2 Å². The Morgan fingerprint density at radius 3 is 2.75 bits per heavy atom. The van der Waals surface area contributed by atoms with Crippen LogP contribution in [-0.2, 0) is 14.1 Å². The molecule has 2 atom stereocenters. The van der Waals surface area contributed by atoms with Crippen molar-refractivity contribution in [2.24, 2.45) is 0 Å². The molecule has 134 valence electrons. The van der Waals surface area contributed by atoms with Crippen LogP contribution in [0.15, 0.2) is 18.2 Å². The Balaban J connectivity index is 2.69. The van der Waals surface area contributed by atoms with Crippen molar-refractivity contribution in [2.45, 2.75) is 19.4 Å². The van der Waals surface area contributed by atoms with E-state index in [0.717, 1.165) is 0 Å². The normalized spacial score (nSPS) is 13.2. The van der Waals surface area contributed by atoms with Crippen LogP contribution >= 0.6 is 20.0 Å². The van der Waals surface area contributed by atoms with Crippen LogP contribution in [0.4, 0.5) is 5.69 Å². The number of nitro benzene ring substituents is 1. The van der Waals surface area contributed by atoms with E-state index in [2.05, 4.69) is 0 Å². The second-order valence-corrected chi connectivity index (χ2v) is 6.15. The van der Waals surface area contributed by atoms with Gasteiger partial charge in [-0.3, -0.25) is 14.9 Å². The Labute approximate surface area is 145 Å². The summed E-state index contributed by atoms with van der Waals surface area (Å²) < 4.78 is 15.5. The van der Waals surface area contributed by atoms with Crippen molar-refractivity contribution in [3.05, 3.63) is 33.9 Å². The smallest absolute Gasteiger partial charge is 0.320 e. The fourth-order valence-corrected chi connectivity index (χ4v) is 2.52. The van der Waals surface area contributed by atoms with Crippen LogP contribution in [0, 0.1) is 10.1 Å². The summed E-state index contributed by atoms with van der Waals surface area (Å²) >= 11 is 5.29. The highest BCUT2D eigenvalue weighted by molar-refractivity contribution is 7.45. The molecule has 0 saturated carbocycles. The monoisotopic (exact) mass is 379 g/mol. The van der Waals surface area contributed by atoms with Gasteiger partial charge in [0.1, 0.15) is 11.6 Å². The minimum Gasteiger partial charge on any atom is -0.493 e. The number of hydrogen-bond acceptors (Lipinski definition) is 7. The first-order chi connectivity index (χ1) is 11.3. The van der Waals surface area contributed by atoms with Crippen molar-refractivity contribution < 1.29 is 28.6 Å². The van der Waals surface area contributed by atoms with E-state index in [1.807, 2.05) is 0 Å². The highest BCUT2D eigenvalue weighted by Gasteiger charge is 2.22. The van der Waals surface area contributed by atoms with Gasteiger partial charge in [-0.15, -0.1) is 11.6 Å². The van der Waals surface area contributed by atoms with Crippen molar-refractivity contribution in [1.82, 2.24) is 0 Å². The minimum absolute atomic E-state index is 0.109. The molecule has 0 heterocycles. The van der Waals surface area contributed by atoms with Gasteiger partial charge >= 0.3 is 5.97 Å². The fourth-order valence-electron chi connectivity index (χ4n) is 1.87. The number of ether oxygens (including phenoxy) is 2. The number of alkyl halides is 1. The predicted molar refractivity (Wildman–Crippen MR) is 89.5 cm³/mol. The lowest BCUT2D eigenvalue weighted by atomic mass is 10.1. The first kappa shape index (κ1) is 20.6. The molecule has 1 aromatic carbocycles. The maximum atomic E-state index is 11.1. The first-order valence-electron chi connectivity index (χ1n) is 7.07. The summed E-state index contributed by atoms with van der Waals surface area (Å²) in [6.45, 7) is 3.55. The average Bonchev–Trinajstić information content (AvgIpc) is 2.53. The Hall–Kier alpha value is -1.47. The van der Waals surface area contributed by atoms with Crippen molar-refractivity contribution in [2.75, 3.05) is 25.8 Å². The van der Waals surface area contributed by atoms with E-state index >= 15 is 0 Å². The molecule has 1 rings (SSSR count). The van der Waals surface area contributed by atoms with Gasteiger partial charge in [0.25, 0.3) is 5.69 Å². The zero-order valence-corrected chi connectivity index (χ0v) is 15.0. The maximum Gasteiger partial charge on any atom is 0.320 e. The Bertz CT molecular complexity index is 570. The number of esters is 1. The number of rotatable bonds is 10. The maximum absolute atomic E-state index is 11.1. The molecule has 0 aliphatic carbocycles. The largest absolute Gasteiger partial charge is 0.493 e. The molecule has 1 N–H and O–H groups in total. The molecule has 0 aliphatic rings. The molecular weight excluding hydrogens is 361 g/mol. The van der Waals surface area contributed by atoms with E-state index in [4.69, 9.17) is 25.6 Å². The van der Waals surface area contributed by atoms with Gasteiger partial charge < -0.3 is 18.9 Å². The molecule has 10 heteroatoms. The van der Waals surface area contributed by atoms with Gasteiger partial charge in [0.05, 0.1) is 29.8 Å². The lowest BCUT2D eigenvalue weighted by Gasteiger charge is -2.16. The zero-order chi connectivity index (χ0) is 18.1. The summed E-state index contributed by atoms with van der Waals surface area (Å²) in [5, 5.41) is 11.1. The van der Waals surface area contributed by atoms with E-state index in [0.29, 0.717) is 17.7 Å². The van der Waals surface area contributed by atoms with E-state index in [1.54, 1.807) is 6.92 Å². The first-order valence-corrected chi connectivity index (χ1v) is 9.26. The lowest BCUT2D eigenvalue weighted by molar-refractivity contribution is -0.386. The molecule has 0 amide bonds. The van der Waals surface area contributed by atoms with Crippen LogP contribution in [0.25, 0.3) is 0 Å². The molecule has 0 aliphatic heterocycles. The van der Waals surface area contributed by atoms with Gasteiger partial charge in [-0.1, -0.05) is 0 Å². The molecule has 0 aromatic heterocycles. The van der Waals surface area contributed by atoms with Crippen LogP contribution < -0.4 is 4.74 Å². The number of benzene rings is 1. The highest BCUT2D eigenvalue weighted by Crippen LogP contribution is 2.38. The number of halogens is 1. The van der Waals surface area contributed by atoms with Crippen LogP contribution in [0.3, 0.4) is 0 Å². The number of nitro groups is 1. The number of hydrogen-bond donors (Lipinski definition) is 1. The third-order valence-electron chi connectivity index (χ3n) is 2.87. The molecule has 0 fully saturated rings. The quantitative estimate of drug-likeness (QED) is 0.166. The van der Waals surface area contributed by atoms with Crippen molar-refractivity contribution in [3.63, 3.8) is 0 Å². The summed E-state index contributed by atoms with van der Waals surface area (Å²) in [4.78, 5) is 30.8. The van der Waals surface area contributed by atoms with E-state index in [9.17, 15) is 19.8 Å². The van der Waals surface area contributed by atoms with Crippen LogP contribution in [0.1, 0.15) is 25.0 Å². The van der Waals surface area contributed by atoms with Gasteiger partial charge in [-0.05, 0) is 19.1 Å². The fraction of sp³-hybridized carbons (Fsp3) is 0.500. The van der Waals surface area contributed by atoms with Crippen LogP contribution in [0.2, 0.25) is 0 Å². The number of carbonyl (C=O) groups excluding carboxylic acids is 1. The topological polar surface area (TPSA) is 108 Å². The van der Waals surface area contributed by atoms with Crippen LogP contribution in [-0.4, -0.2) is 41.5 Å². The van der Waals surface area contributed by atoms with Gasteiger partial charge in [0.2, 0.25) is 0 Å². The van der Waals surface area contributed by atoms with Crippen molar-refractivity contribution in [3.8, 4) is 5.75 Å². The third-order valence-corrected chi connectivity index (χ3v) is 3.71. The SMILES string of the molecule is CC(OP(C)O)c1cc(OCCCOC(=O)CCl)ccc1[N+](=O)[O-]. The summed E-state index contributed by atoms with van der Waals surface area (Å²) in [6, 6.07) is 4.31. The van der Waals surface area contributed by atoms with Gasteiger partial charge in [0.15, 0.2) is 8.38 Å². The Morgan fingerprint density at radius 1 is 1.46 bits per heavy atom. The lowest BCUT2D eigenvalue weighted by Crippen LogP contribution is -2.10. The zero-order valence-electron chi connectivity index (χ0n) is 13.3. The molecule has 24 heavy (non-hydrogen) atoms. The number of carbonyl (C=O) groups is 1. The highest BCUT2D eigenvalue weighted by atomic mass is 35.5. The molecule has 0 saturated heterocycles. The van der Waals surface area contributed by atoms with Gasteiger partial charge in [-0.25, -0.2) is 0 Å². The second kappa shape index (κ2) is 10.4. The molecule has 8 nitrogen and oxygen atoms in total. The molecule has 2 unspecified atom stereocenters. The van der Waals surface area contributed by atoms with E-state index < -0.39 is 25.4 Å². The summed E-state index contributed by atoms with van der Waals surface area (Å²) in [5.41, 5.74) is 0.206. The second-order valence-electron chi connectivity index (χ2n) is 4.75. The summed E-state index contributed by atoms with van der Waals surface area (Å²) in [5.74, 6) is -0.275. The number of nitrogens with zero attached hydrogens (tertiary/aromatic N) is 1.